The van der Waals surface area contributed by atoms with Crippen molar-refractivity contribution in [3.05, 3.63) is 68.8 Å². The monoisotopic (exact) mass is 363 g/mol. The molecule has 2 nitrogen and oxygen atoms in total. The number of benzene rings is 2. The molecule has 1 atom stereocenters. The molecule has 1 heterocycles. The van der Waals surface area contributed by atoms with Crippen molar-refractivity contribution in [1.82, 2.24) is 0 Å². The van der Waals surface area contributed by atoms with Crippen LogP contribution in [0.2, 0.25) is 5.02 Å². The Morgan fingerprint density at radius 3 is 2.71 bits per heavy atom. The van der Waals surface area contributed by atoms with E-state index in [4.69, 9.17) is 21.8 Å². The van der Waals surface area contributed by atoms with Crippen molar-refractivity contribution in [3.63, 3.8) is 0 Å². The average molecular weight is 365 g/mol. The average Bonchev–Trinajstić information content (AvgIpc) is 2.88. The number of nitrogens with two attached hydrogens (primary N) is 1. The van der Waals surface area contributed by atoms with E-state index < -0.39 is 0 Å². The fraction of sp³-hybridized carbons (Fsp3) is 0.176. The summed E-state index contributed by atoms with van der Waals surface area (Å²) in [7, 11) is 0. The first-order valence-electron chi connectivity index (χ1n) is 6.83. The molecular weight excluding hydrogens is 350 g/mol. The van der Waals surface area contributed by atoms with E-state index in [0.29, 0.717) is 5.02 Å². The molecule has 3 aromatic rings. The van der Waals surface area contributed by atoms with E-state index >= 15 is 0 Å². The van der Waals surface area contributed by atoms with Gasteiger partial charge in [0.05, 0.1) is 11.1 Å². The molecular formula is C17H15BrClNO. The fourth-order valence-corrected chi connectivity index (χ4v) is 3.26. The molecule has 0 radical (unpaired) electrons. The second-order valence-electron chi connectivity index (χ2n) is 4.91. The SMILES string of the molecule is CCc1oc2ccccc2c1C(N)c1cccc(Br)c1Cl. The highest BCUT2D eigenvalue weighted by Crippen LogP contribution is 2.37. The summed E-state index contributed by atoms with van der Waals surface area (Å²) in [6.07, 6.45) is 0.795. The van der Waals surface area contributed by atoms with Crippen molar-refractivity contribution in [2.45, 2.75) is 19.4 Å². The lowest BCUT2D eigenvalue weighted by molar-refractivity contribution is 0.546. The standard InChI is InChI=1S/C17H15BrClNO/c1-2-13-15(10-6-3-4-9-14(10)21-13)17(20)11-7-5-8-12(18)16(11)19/h3-9,17H,2,20H2,1H3. The molecule has 0 saturated heterocycles. The molecule has 21 heavy (non-hydrogen) atoms. The zero-order valence-corrected chi connectivity index (χ0v) is 13.9. The van der Waals surface area contributed by atoms with Crippen LogP contribution < -0.4 is 5.73 Å². The maximum absolute atomic E-state index is 6.51. The van der Waals surface area contributed by atoms with Gasteiger partial charge in [0.25, 0.3) is 0 Å². The normalized spacial score (nSPS) is 12.8. The summed E-state index contributed by atoms with van der Waals surface area (Å²) in [5.74, 6) is 0.916. The molecule has 0 aliphatic rings. The number of para-hydroxylation sites is 1. The van der Waals surface area contributed by atoms with Crippen LogP contribution in [0.4, 0.5) is 0 Å². The number of rotatable bonds is 3. The minimum absolute atomic E-state index is 0.311. The van der Waals surface area contributed by atoms with Gasteiger partial charge in [-0.15, -0.1) is 0 Å². The Morgan fingerprint density at radius 2 is 1.95 bits per heavy atom. The number of furan rings is 1. The second-order valence-corrected chi connectivity index (χ2v) is 6.14. The maximum Gasteiger partial charge on any atom is 0.134 e. The molecule has 108 valence electrons. The summed E-state index contributed by atoms with van der Waals surface area (Å²) >= 11 is 9.85. The van der Waals surface area contributed by atoms with Gasteiger partial charge >= 0.3 is 0 Å². The van der Waals surface area contributed by atoms with Crippen LogP contribution in [-0.2, 0) is 6.42 Å². The van der Waals surface area contributed by atoms with Gasteiger partial charge < -0.3 is 10.2 Å². The number of hydrogen-bond donors (Lipinski definition) is 1. The summed E-state index contributed by atoms with van der Waals surface area (Å²) in [6.45, 7) is 2.07. The van der Waals surface area contributed by atoms with E-state index in [1.807, 2.05) is 42.5 Å². The van der Waals surface area contributed by atoms with Gasteiger partial charge in [-0.05, 0) is 33.6 Å². The van der Waals surface area contributed by atoms with E-state index in [2.05, 4.69) is 22.9 Å². The van der Waals surface area contributed by atoms with Crippen molar-refractivity contribution < 1.29 is 4.42 Å². The molecule has 4 heteroatoms. The lowest BCUT2D eigenvalue weighted by atomic mass is 9.96. The van der Waals surface area contributed by atoms with Crippen molar-refractivity contribution in [1.29, 1.82) is 0 Å². The van der Waals surface area contributed by atoms with Crippen LogP contribution in [0.1, 0.15) is 29.9 Å². The Morgan fingerprint density at radius 1 is 1.19 bits per heavy atom. The predicted molar refractivity (Wildman–Crippen MR) is 90.8 cm³/mol. The number of halogens is 2. The summed E-state index contributed by atoms with van der Waals surface area (Å²) in [5.41, 5.74) is 9.29. The number of hydrogen-bond acceptors (Lipinski definition) is 2. The van der Waals surface area contributed by atoms with Crippen LogP contribution in [0, 0.1) is 0 Å². The molecule has 1 unspecified atom stereocenters. The number of aryl methyl sites for hydroxylation is 1. The second kappa shape index (κ2) is 5.84. The predicted octanol–water partition coefficient (Wildman–Crippen LogP) is 5.46. The third kappa shape index (κ3) is 2.50. The van der Waals surface area contributed by atoms with Crippen molar-refractivity contribution >= 4 is 38.5 Å². The molecule has 0 aliphatic heterocycles. The Labute approximate surface area is 137 Å². The van der Waals surface area contributed by atoms with Crippen LogP contribution >= 0.6 is 27.5 Å². The smallest absolute Gasteiger partial charge is 0.134 e. The molecule has 3 rings (SSSR count). The molecule has 0 bridgehead atoms. The van der Waals surface area contributed by atoms with Gasteiger partial charge in [0, 0.05) is 21.8 Å². The van der Waals surface area contributed by atoms with Gasteiger partial charge in [-0.1, -0.05) is 48.9 Å². The van der Waals surface area contributed by atoms with Gasteiger partial charge in [0.1, 0.15) is 11.3 Å². The molecule has 0 fully saturated rings. The van der Waals surface area contributed by atoms with E-state index in [9.17, 15) is 0 Å². The van der Waals surface area contributed by atoms with Crippen LogP contribution in [0.3, 0.4) is 0 Å². The first-order chi connectivity index (χ1) is 10.1. The Balaban J connectivity index is 2.21. The molecule has 0 saturated carbocycles. The molecule has 2 N–H and O–H groups in total. The van der Waals surface area contributed by atoms with Crippen LogP contribution in [0.5, 0.6) is 0 Å². The van der Waals surface area contributed by atoms with Gasteiger partial charge in [0.2, 0.25) is 0 Å². The van der Waals surface area contributed by atoms with E-state index in [-0.39, 0.29) is 6.04 Å². The summed E-state index contributed by atoms with van der Waals surface area (Å²) in [5, 5.41) is 1.70. The van der Waals surface area contributed by atoms with E-state index in [0.717, 1.165) is 38.7 Å². The van der Waals surface area contributed by atoms with Gasteiger partial charge in [-0.2, -0.15) is 0 Å². The van der Waals surface area contributed by atoms with Crippen molar-refractivity contribution in [3.8, 4) is 0 Å². The summed E-state index contributed by atoms with van der Waals surface area (Å²) < 4.78 is 6.78. The molecule has 1 aromatic heterocycles. The quantitative estimate of drug-likeness (QED) is 0.670. The Kier molecular flexibility index (Phi) is 4.07. The van der Waals surface area contributed by atoms with Crippen molar-refractivity contribution in [2.24, 2.45) is 5.73 Å². The zero-order chi connectivity index (χ0) is 15.0. The zero-order valence-electron chi connectivity index (χ0n) is 11.6. The number of fused-ring (bicyclic) bond motifs is 1. The fourth-order valence-electron chi connectivity index (χ4n) is 2.64. The molecule has 0 spiro atoms. The van der Waals surface area contributed by atoms with Gasteiger partial charge in [-0.3, -0.25) is 0 Å². The minimum atomic E-state index is -0.311. The van der Waals surface area contributed by atoms with Crippen LogP contribution in [0.15, 0.2) is 51.4 Å². The molecule has 0 aliphatic carbocycles. The highest BCUT2D eigenvalue weighted by atomic mass is 79.9. The van der Waals surface area contributed by atoms with Crippen LogP contribution in [0.25, 0.3) is 11.0 Å². The lowest BCUT2D eigenvalue weighted by Crippen LogP contribution is -2.13. The molecule has 0 amide bonds. The van der Waals surface area contributed by atoms with E-state index in [1.165, 1.54) is 0 Å². The minimum Gasteiger partial charge on any atom is -0.461 e. The first kappa shape index (κ1) is 14.6. The Bertz CT molecular complexity index is 797. The third-order valence-corrected chi connectivity index (χ3v) is 4.97. The Hall–Kier alpha value is -1.29. The maximum atomic E-state index is 6.51. The highest BCUT2D eigenvalue weighted by Gasteiger charge is 2.22. The summed E-state index contributed by atoms with van der Waals surface area (Å²) in [6, 6.07) is 13.5. The van der Waals surface area contributed by atoms with Crippen molar-refractivity contribution in [2.75, 3.05) is 0 Å². The largest absolute Gasteiger partial charge is 0.461 e. The lowest BCUT2D eigenvalue weighted by Gasteiger charge is -2.15. The highest BCUT2D eigenvalue weighted by molar-refractivity contribution is 9.10. The van der Waals surface area contributed by atoms with Gasteiger partial charge in [0.15, 0.2) is 0 Å². The third-order valence-electron chi connectivity index (χ3n) is 3.66. The molecule has 2 aromatic carbocycles. The summed E-state index contributed by atoms with van der Waals surface area (Å²) in [4.78, 5) is 0. The van der Waals surface area contributed by atoms with Gasteiger partial charge in [-0.25, -0.2) is 0 Å². The van der Waals surface area contributed by atoms with E-state index in [1.54, 1.807) is 0 Å². The van der Waals surface area contributed by atoms with Crippen LogP contribution in [-0.4, -0.2) is 0 Å². The first-order valence-corrected chi connectivity index (χ1v) is 8.00. The topological polar surface area (TPSA) is 39.2 Å².